The van der Waals surface area contributed by atoms with E-state index in [2.05, 4.69) is 13.5 Å². The van der Waals surface area contributed by atoms with Gasteiger partial charge in [-0.3, -0.25) is 0 Å². The highest BCUT2D eigenvalue weighted by Crippen LogP contribution is 2.33. The summed E-state index contributed by atoms with van der Waals surface area (Å²) in [6, 6.07) is 3.62. The van der Waals surface area contributed by atoms with Gasteiger partial charge < -0.3 is 14.9 Å². The van der Waals surface area contributed by atoms with E-state index in [1.165, 1.54) is 0 Å². The van der Waals surface area contributed by atoms with Crippen molar-refractivity contribution < 1.29 is 19.5 Å². The van der Waals surface area contributed by atoms with E-state index in [1.54, 1.807) is 12.3 Å². The molecule has 1 aliphatic rings. The second kappa shape index (κ2) is 4.82. The van der Waals surface area contributed by atoms with Crippen molar-refractivity contribution in [1.82, 2.24) is 0 Å². The van der Waals surface area contributed by atoms with Crippen LogP contribution >= 0.6 is 0 Å². The van der Waals surface area contributed by atoms with E-state index in [0.717, 1.165) is 5.57 Å². The minimum absolute atomic E-state index is 0.0297. The van der Waals surface area contributed by atoms with Gasteiger partial charge in [0.1, 0.15) is 18.1 Å². The SMILES string of the molecule is C=C(O)c1ccc[n+]([C@@H]2OC(CO)=C(C)C2C)c1. The van der Waals surface area contributed by atoms with E-state index in [-0.39, 0.29) is 24.5 Å². The molecule has 4 nitrogen and oxygen atoms in total. The van der Waals surface area contributed by atoms with E-state index in [4.69, 9.17) is 4.74 Å². The number of nitrogens with zero attached hydrogens (tertiary/aromatic N) is 1. The van der Waals surface area contributed by atoms with Crippen LogP contribution in [0.4, 0.5) is 0 Å². The summed E-state index contributed by atoms with van der Waals surface area (Å²) >= 11 is 0. The van der Waals surface area contributed by atoms with Gasteiger partial charge in [-0.15, -0.1) is 0 Å². The first kappa shape index (κ1) is 12.6. The number of rotatable bonds is 3. The van der Waals surface area contributed by atoms with Crippen LogP contribution in [-0.2, 0) is 4.74 Å². The van der Waals surface area contributed by atoms with Crippen molar-refractivity contribution in [2.24, 2.45) is 5.92 Å². The van der Waals surface area contributed by atoms with Crippen LogP contribution < -0.4 is 4.57 Å². The second-order valence-electron chi connectivity index (χ2n) is 4.55. The molecule has 0 radical (unpaired) electrons. The normalized spacial score (nSPS) is 23.1. The molecule has 4 heteroatoms. The van der Waals surface area contributed by atoms with Gasteiger partial charge in [-0.1, -0.05) is 6.58 Å². The lowest BCUT2D eigenvalue weighted by atomic mass is 10.0. The van der Waals surface area contributed by atoms with Gasteiger partial charge in [0.2, 0.25) is 0 Å². The van der Waals surface area contributed by atoms with Crippen molar-refractivity contribution in [1.29, 1.82) is 0 Å². The van der Waals surface area contributed by atoms with Crippen LogP contribution in [0.15, 0.2) is 42.4 Å². The molecule has 0 saturated heterocycles. The molecule has 18 heavy (non-hydrogen) atoms. The highest BCUT2D eigenvalue weighted by Gasteiger charge is 2.37. The van der Waals surface area contributed by atoms with Crippen LogP contribution in [0.3, 0.4) is 0 Å². The molecule has 2 N–H and O–H groups in total. The van der Waals surface area contributed by atoms with Crippen molar-refractivity contribution in [3.63, 3.8) is 0 Å². The van der Waals surface area contributed by atoms with E-state index in [0.29, 0.717) is 11.3 Å². The summed E-state index contributed by atoms with van der Waals surface area (Å²) < 4.78 is 7.62. The van der Waals surface area contributed by atoms with Crippen LogP contribution in [0.2, 0.25) is 0 Å². The topological polar surface area (TPSA) is 53.6 Å². The van der Waals surface area contributed by atoms with Crippen LogP contribution in [0.25, 0.3) is 5.76 Å². The molecule has 1 unspecified atom stereocenters. The molecule has 0 amide bonds. The Morgan fingerprint density at radius 3 is 2.83 bits per heavy atom. The minimum atomic E-state index is -0.188. The predicted molar refractivity (Wildman–Crippen MR) is 67.4 cm³/mol. The third kappa shape index (κ3) is 2.11. The van der Waals surface area contributed by atoms with Crippen LogP contribution in [0.1, 0.15) is 25.6 Å². The summed E-state index contributed by atoms with van der Waals surface area (Å²) in [6.07, 6.45) is 3.48. The maximum Gasteiger partial charge on any atom is 0.307 e. The van der Waals surface area contributed by atoms with Gasteiger partial charge in [-0.2, -0.15) is 4.57 Å². The van der Waals surface area contributed by atoms with E-state index < -0.39 is 0 Å². The number of ether oxygens (including phenoxy) is 1. The van der Waals surface area contributed by atoms with Crippen molar-refractivity contribution in [2.75, 3.05) is 6.61 Å². The zero-order chi connectivity index (χ0) is 13.3. The summed E-state index contributed by atoms with van der Waals surface area (Å²) in [5, 5.41) is 18.6. The Kier molecular flexibility index (Phi) is 3.39. The smallest absolute Gasteiger partial charge is 0.307 e. The average Bonchev–Trinajstić information content (AvgIpc) is 2.66. The van der Waals surface area contributed by atoms with Gasteiger partial charge in [0, 0.05) is 6.07 Å². The Hall–Kier alpha value is -1.81. The molecule has 2 rings (SSSR count). The summed E-state index contributed by atoms with van der Waals surface area (Å²) in [6.45, 7) is 7.44. The molecule has 0 saturated carbocycles. The predicted octanol–water partition coefficient (Wildman–Crippen LogP) is 1.93. The molecule has 2 heterocycles. The molecule has 1 aromatic rings. The first-order chi connectivity index (χ1) is 8.54. The Bertz CT molecular complexity index is 508. The second-order valence-corrected chi connectivity index (χ2v) is 4.55. The fourth-order valence-electron chi connectivity index (χ4n) is 2.11. The fraction of sp³-hybridized carbons (Fsp3) is 0.357. The molecule has 1 aromatic heterocycles. The number of aliphatic hydroxyl groups excluding tert-OH is 2. The molecule has 0 fully saturated rings. The van der Waals surface area contributed by atoms with Crippen molar-refractivity contribution in [3.8, 4) is 0 Å². The first-order valence-corrected chi connectivity index (χ1v) is 5.90. The molecule has 0 spiro atoms. The summed E-state index contributed by atoms with van der Waals surface area (Å²) in [5.74, 6) is 0.842. The zero-order valence-corrected chi connectivity index (χ0v) is 10.6. The van der Waals surface area contributed by atoms with Crippen molar-refractivity contribution >= 4 is 5.76 Å². The molecule has 2 atom stereocenters. The van der Waals surface area contributed by atoms with Crippen molar-refractivity contribution in [2.45, 2.75) is 20.1 Å². The van der Waals surface area contributed by atoms with Crippen molar-refractivity contribution in [3.05, 3.63) is 48.0 Å². The lowest BCUT2D eigenvalue weighted by Crippen LogP contribution is -2.42. The molecule has 0 bridgehead atoms. The molecule has 0 aromatic carbocycles. The molecule has 0 aliphatic carbocycles. The molecule has 1 aliphatic heterocycles. The van der Waals surface area contributed by atoms with Gasteiger partial charge in [-0.25, -0.2) is 0 Å². The Labute approximate surface area is 106 Å². The van der Waals surface area contributed by atoms with Gasteiger partial charge in [0.15, 0.2) is 12.4 Å². The summed E-state index contributed by atoms with van der Waals surface area (Å²) in [5.41, 5.74) is 1.71. The van der Waals surface area contributed by atoms with Crippen LogP contribution in [-0.4, -0.2) is 16.8 Å². The van der Waals surface area contributed by atoms with Crippen LogP contribution in [0.5, 0.6) is 0 Å². The van der Waals surface area contributed by atoms with E-state index in [9.17, 15) is 10.2 Å². The zero-order valence-electron chi connectivity index (χ0n) is 10.6. The molecular formula is C14H18NO3+. The molecular weight excluding hydrogens is 230 g/mol. The van der Waals surface area contributed by atoms with Crippen LogP contribution in [0, 0.1) is 5.92 Å². The number of aromatic nitrogens is 1. The summed E-state index contributed by atoms with van der Waals surface area (Å²) in [7, 11) is 0. The highest BCUT2D eigenvalue weighted by molar-refractivity contribution is 5.53. The van der Waals surface area contributed by atoms with Gasteiger partial charge >= 0.3 is 6.23 Å². The number of hydrogen-bond donors (Lipinski definition) is 2. The van der Waals surface area contributed by atoms with E-state index >= 15 is 0 Å². The first-order valence-electron chi connectivity index (χ1n) is 5.90. The largest absolute Gasteiger partial charge is 0.508 e. The molecule has 96 valence electrons. The van der Waals surface area contributed by atoms with Gasteiger partial charge in [0.25, 0.3) is 0 Å². The number of aliphatic hydroxyl groups is 2. The Balaban J connectivity index is 2.29. The highest BCUT2D eigenvalue weighted by atomic mass is 16.5. The van der Waals surface area contributed by atoms with E-state index in [1.807, 2.05) is 23.8 Å². The maximum absolute atomic E-state index is 9.41. The number of pyridine rings is 1. The Morgan fingerprint density at radius 1 is 1.56 bits per heavy atom. The lowest BCUT2D eigenvalue weighted by molar-refractivity contribution is -0.762. The minimum Gasteiger partial charge on any atom is -0.508 e. The van der Waals surface area contributed by atoms with Gasteiger partial charge in [-0.05, 0) is 25.5 Å². The third-order valence-electron chi connectivity index (χ3n) is 3.41. The maximum atomic E-state index is 9.41. The average molecular weight is 248 g/mol. The monoisotopic (exact) mass is 248 g/mol. The lowest BCUT2D eigenvalue weighted by Gasteiger charge is -2.12. The Morgan fingerprint density at radius 2 is 2.28 bits per heavy atom. The quantitative estimate of drug-likeness (QED) is 0.635. The number of hydrogen-bond acceptors (Lipinski definition) is 3. The van der Waals surface area contributed by atoms with Gasteiger partial charge in [0.05, 0.1) is 11.5 Å². The third-order valence-corrected chi connectivity index (χ3v) is 3.41. The standard InChI is InChI=1S/C14H17NO3/c1-9-10(2)14(18-13(9)8-16)15-6-4-5-12(7-15)11(3)17/h4-7,10,14,16H,3,8H2,1-2H3/p+1/t10?,14-/m1/s1. The summed E-state index contributed by atoms with van der Waals surface area (Å²) in [4.78, 5) is 0. The fourth-order valence-corrected chi connectivity index (χ4v) is 2.11.